The lowest BCUT2D eigenvalue weighted by molar-refractivity contribution is -0.132. The summed E-state index contributed by atoms with van der Waals surface area (Å²) in [5, 5.41) is 7.52. The lowest BCUT2D eigenvalue weighted by atomic mass is 9.84. The standard InChI is InChI=1S/C34H21BrN4O6/c1-17(40)43-30-23(35)14-21(15-25(30)42-2)26-27-29(22-9-5-6-10-24(22)44-34(27)41)45-33-28(26)32-37-31(38-39(32)16-36-33)20-12-11-18-7-3-4-8-19(18)13-20/h3-16,26H,1-2H3. The van der Waals surface area contributed by atoms with Gasteiger partial charge >= 0.3 is 11.6 Å². The van der Waals surface area contributed by atoms with E-state index in [1.54, 1.807) is 35.1 Å². The number of carbonyl (C=O) groups is 1. The zero-order valence-corrected chi connectivity index (χ0v) is 25.4. The second kappa shape index (κ2) is 10.3. The van der Waals surface area contributed by atoms with Crippen molar-refractivity contribution >= 4 is 49.3 Å². The van der Waals surface area contributed by atoms with Crippen molar-refractivity contribution in [2.45, 2.75) is 12.8 Å². The van der Waals surface area contributed by atoms with Crippen molar-refractivity contribution < 1.29 is 23.4 Å². The fourth-order valence-corrected chi connectivity index (χ4v) is 6.40. The second-order valence-corrected chi connectivity index (χ2v) is 11.4. The van der Waals surface area contributed by atoms with E-state index in [4.69, 9.17) is 28.7 Å². The summed E-state index contributed by atoms with van der Waals surface area (Å²) in [6.45, 7) is 1.31. The Morgan fingerprint density at radius 1 is 0.978 bits per heavy atom. The van der Waals surface area contributed by atoms with Crippen LogP contribution >= 0.6 is 15.9 Å². The van der Waals surface area contributed by atoms with Gasteiger partial charge in [0.25, 0.3) is 0 Å². The Bertz CT molecular complexity index is 2420. The molecule has 0 saturated heterocycles. The monoisotopic (exact) mass is 660 g/mol. The fourth-order valence-electron chi connectivity index (χ4n) is 5.86. The summed E-state index contributed by atoms with van der Waals surface area (Å²) < 4.78 is 25.3. The Morgan fingerprint density at radius 2 is 1.78 bits per heavy atom. The molecule has 0 aliphatic carbocycles. The Balaban J connectivity index is 1.40. The minimum Gasteiger partial charge on any atom is -0.493 e. The number of hydrogen-bond donors (Lipinski definition) is 0. The molecule has 4 heterocycles. The molecule has 220 valence electrons. The van der Waals surface area contributed by atoms with Crippen molar-refractivity contribution in [1.29, 1.82) is 0 Å². The molecule has 0 N–H and O–H groups in total. The van der Waals surface area contributed by atoms with Gasteiger partial charge in [0.1, 0.15) is 11.9 Å². The highest BCUT2D eigenvalue weighted by molar-refractivity contribution is 9.10. The number of aromatic nitrogens is 4. The summed E-state index contributed by atoms with van der Waals surface area (Å²) in [5.41, 5.74) is 2.48. The Morgan fingerprint density at radius 3 is 2.60 bits per heavy atom. The summed E-state index contributed by atoms with van der Waals surface area (Å²) in [7, 11) is 1.47. The molecule has 0 radical (unpaired) electrons. The van der Waals surface area contributed by atoms with E-state index >= 15 is 0 Å². The number of para-hydroxylation sites is 1. The molecule has 1 aliphatic rings. The van der Waals surface area contributed by atoms with E-state index < -0.39 is 17.5 Å². The molecule has 4 aromatic carbocycles. The van der Waals surface area contributed by atoms with Gasteiger partial charge in [0.2, 0.25) is 5.88 Å². The molecule has 0 saturated carbocycles. The zero-order chi connectivity index (χ0) is 30.8. The van der Waals surface area contributed by atoms with E-state index in [2.05, 4.69) is 20.9 Å². The van der Waals surface area contributed by atoms with Gasteiger partial charge in [0.15, 0.2) is 28.7 Å². The van der Waals surface area contributed by atoms with Crippen molar-refractivity contribution in [2.75, 3.05) is 7.11 Å². The number of halogens is 1. The van der Waals surface area contributed by atoms with Crippen LogP contribution in [0.15, 0.2) is 98.9 Å². The Labute approximate surface area is 263 Å². The van der Waals surface area contributed by atoms with Gasteiger partial charge in [-0.05, 0) is 62.6 Å². The molecule has 1 unspecified atom stereocenters. The third-order valence-corrected chi connectivity index (χ3v) is 8.39. The van der Waals surface area contributed by atoms with Crippen LogP contribution < -0.4 is 19.8 Å². The summed E-state index contributed by atoms with van der Waals surface area (Å²) in [5.74, 6) is 0.307. The van der Waals surface area contributed by atoms with Crippen LogP contribution in [0.5, 0.6) is 23.1 Å². The first-order valence-electron chi connectivity index (χ1n) is 13.9. The van der Waals surface area contributed by atoms with E-state index in [0.717, 1.165) is 16.3 Å². The first kappa shape index (κ1) is 27.0. The summed E-state index contributed by atoms with van der Waals surface area (Å²) >= 11 is 3.54. The molecular weight excluding hydrogens is 640 g/mol. The van der Waals surface area contributed by atoms with Crippen molar-refractivity contribution in [3.05, 3.63) is 117 Å². The van der Waals surface area contributed by atoms with Crippen molar-refractivity contribution in [2.24, 2.45) is 0 Å². The molecule has 0 bridgehead atoms. The van der Waals surface area contributed by atoms with E-state index in [9.17, 15) is 9.59 Å². The first-order valence-corrected chi connectivity index (χ1v) is 14.7. The molecule has 3 aromatic heterocycles. The molecule has 0 spiro atoms. The lowest BCUT2D eigenvalue weighted by Crippen LogP contribution is -2.22. The molecule has 10 nitrogen and oxygen atoms in total. The number of ether oxygens (including phenoxy) is 3. The molecule has 0 amide bonds. The third-order valence-electron chi connectivity index (χ3n) is 7.80. The summed E-state index contributed by atoms with van der Waals surface area (Å²) in [4.78, 5) is 35.2. The number of hydrogen-bond acceptors (Lipinski definition) is 9. The van der Waals surface area contributed by atoms with Crippen molar-refractivity contribution in [3.8, 4) is 34.5 Å². The third kappa shape index (κ3) is 4.34. The molecule has 0 fully saturated rings. The molecule has 45 heavy (non-hydrogen) atoms. The zero-order valence-electron chi connectivity index (χ0n) is 23.8. The van der Waals surface area contributed by atoms with Gasteiger partial charge in [-0.25, -0.2) is 19.3 Å². The van der Waals surface area contributed by atoms with Crippen molar-refractivity contribution in [1.82, 2.24) is 19.6 Å². The quantitative estimate of drug-likeness (QED) is 0.111. The lowest BCUT2D eigenvalue weighted by Gasteiger charge is -2.28. The number of fused-ring (bicyclic) bond motifs is 7. The van der Waals surface area contributed by atoms with E-state index in [-0.39, 0.29) is 22.9 Å². The van der Waals surface area contributed by atoms with Crippen LogP contribution in [0.3, 0.4) is 0 Å². The van der Waals surface area contributed by atoms with Gasteiger partial charge in [-0.3, -0.25) is 4.79 Å². The number of benzene rings is 4. The van der Waals surface area contributed by atoms with Crippen LogP contribution in [0, 0.1) is 0 Å². The summed E-state index contributed by atoms with van der Waals surface area (Å²) in [6.07, 6.45) is 1.54. The van der Waals surface area contributed by atoms with E-state index in [0.29, 0.717) is 43.8 Å². The highest BCUT2D eigenvalue weighted by Crippen LogP contribution is 2.51. The van der Waals surface area contributed by atoms with Gasteiger partial charge in [-0.15, -0.1) is 5.10 Å². The molecule has 1 aliphatic heterocycles. The van der Waals surface area contributed by atoms with E-state index in [1.807, 2.05) is 54.6 Å². The van der Waals surface area contributed by atoms with Crippen LogP contribution in [-0.4, -0.2) is 32.7 Å². The molecule has 11 heteroatoms. The highest BCUT2D eigenvalue weighted by Gasteiger charge is 2.38. The highest BCUT2D eigenvalue weighted by atomic mass is 79.9. The molecule has 8 rings (SSSR count). The van der Waals surface area contributed by atoms with Crippen LogP contribution in [0.1, 0.15) is 29.5 Å². The normalized spacial score (nSPS) is 13.8. The van der Waals surface area contributed by atoms with Gasteiger partial charge in [0.05, 0.1) is 34.0 Å². The van der Waals surface area contributed by atoms with Crippen LogP contribution in [0.2, 0.25) is 0 Å². The van der Waals surface area contributed by atoms with Crippen molar-refractivity contribution in [3.63, 3.8) is 0 Å². The largest absolute Gasteiger partial charge is 0.493 e. The van der Waals surface area contributed by atoms with Gasteiger partial charge in [0, 0.05) is 12.5 Å². The molecule has 7 aromatic rings. The maximum absolute atomic E-state index is 13.8. The maximum Gasteiger partial charge on any atom is 0.344 e. The second-order valence-electron chi connectivity index (χ2n) is 10.5. The number of esters is 1. The number of rotatable bonds is 4. The maximum atomic E-state index is 13.8. The molecular formula is C34H21BrN4O6. The molecule has 1 atom stereocenters. The smallest absolute Gasteiger partial charge is 0.344 e. The van der Waals surface area contributed by atoms with Gasteiger partial charge in [-0.2, -0.15) is 0 Å². The minimum atomic E-state index is -0.772. The summed E-state index contributed by atoms with van der Waals surface area (Å²) in [6, 6.07) is 24.7. The first-order chi connectivity index (χ1) is 21.9. The van der Waals surface area contributed by atoms with Gasteiger partial charge in [-0.1, -0.05) is 48.5 Å². The Kier molecular flexibility index (Phi) is 6.17. The van der Waals surface area contributed by atoms with Crippen LogP contribution in [0.4, 0.5) is 0 Å². The number of carbonyl (C=O) groups excluding carboxylic acids is 1. The average Bonchev–Trinajstić information content (AvgIpc) is 3.49. The topological polar surface area (TPSA) is 118 Å². The predicted octanol–water partition coefficient (Wildman–Crippen LogP) is 7.03. The number of nitrogens with zero attached hydrogens (tertiary/aromatic N) is 4. The van der Waals surface area contributed by atoms with E-state index in [1.165, 1.54) is 14.0 Å². The van der Waals surface area contributed by atoms with Crippen LogP contribution in [0.25, 0.3) is 38.8 Å². The minimum absolute atomic E-state index is 0.212. The SMILES string of the molecule is COc1cc(C2c3c(c4ccccc4oc3=O)Oc3ncn4nc(-c5ccc6ccccc6c5)nc4c32)cc(Br)c1OC(C)=O. The van der Waals surface area contributed by atoms with Crippen LogP contribution in [-0.2, 0) is 4.79 Å². The van der Waals surface area contributed by atoms with Gasteiger partial charge < -0.3 is 18.6 Å². The fraction of sp³-hybridized carbons (Fsp3) is 0.0882. The average molecular weight is 661 g/mol. The Hall–Kier alpha value is -5.55. The number of methoxy groups -OCH3 is 1. The predicted molar refractivity (Wildman–Crippen MR) is 169 cm³/mol.